The van der Waals surface area contributed by atoms with Gasteiger partial charge in [0.2, 0.25) is 0 Å². The van der Waals surface area contributed by atoms with Gasteiger partial charge in [0, 0.05) is 33.2 Å². The Kier molecular flexibility index (Phi) is 14.7. The van der Waals surface area contributed by atoms with Crippen LogP contribution in [0.4, 0.5) is 0 Å². The molecule has 0 unspecified atom stereocenters. The molecule has 0 bridgehead atoms. The molecule has 2 N–H and O–H groups in total. The Hall–Kier alpha value is -1.26. The summed E-state index contributed by atoms with van der Waals surface area (Å²) >= 11 is 0. The first-order valence-electron chi connectivity index (χ1n) is 10.9. The summed E-state index contributed by atoms with van der Waals surface area (Å²) in [5.41, 5.74) is 1.21. The van der Waals surface area contributed by atoms with Crippen molar-refractivity contribution in [3.05, 3.63) is 23.8 Å². The van der Waals surface area contributed by atoms with E-state index >= 15 is 0 Å². The van der Waals surface area contributed by atoms with Gasteiger partial charge in [-0.2, -0.15) is 0 Å². The third kappa shape index (κ3) is 10.2. The number of benzene rings is 1. The highest BCUT2D eigenvalue weighted by atomic mass is 127. The molecule has 1 aliphatic heterocycles. The Labute approximate surface area is 199 Å². The number of rotatable bonds is 12. The van der Waals surface area contributed by atoms with Gasteiger partial charge in [-0.25, -0.2) is 0 Å². The van der Waals surface area contributed by atoms with Crippen molar-refractivity contribution in [2.75, 3.05) is 66.2 Å². The van der Waals surface area contributed by atoms with Gasteiger partial charge in [-0.1, -0.05) is 6.07 Å². The number of guanidine groups is 1. The summed E-state index contributed by atoms with van der Waals surface area (Å²) in [5.74, 6) is 2.47. The van der Waals surface area contributed by atoms with Crippen LogP contribution < -0.4 is 20.1 Å². The Morgan fingerprint density at radius 3 is 2.43 bits per heavy atom. The molecule has 1 aliphatic rings. The van der Waals surface area contributed by atoms with Crippen molar-refractivity contribution in [2.24, 2.45) is 4.99 Å². The van der Waals surface area contributed by atoms with Gasteiger partial charge in [-0.05, 0) is 57.4 Å². The van der Waals surface area contributed by atoms with Crippen LogP contribution in [0.2, 0.25) is 0 Å². The predicted molar refractivity (Wildman–Crippen MR) is 134 cm³/mol. The van der Waals surface area contributed by atoms with E-state index in [1.807, 2.05) is 27.0 Å². The first kappa shape index (κ1) is 26.8. The van der Waals surface area contributed by atoms with Crippen LogP contribution in [-0.4, -0.2) is 77.1 Å². The summed E-state index contributed by atoms with van der Waals surface area (Å²) in [5, 5.41) is 6.79. The molecule has 0 radical (unpaired) electrons. The maximum Gasteiger partial charge on any atom is 0.190 e. The van der Waals surface area contributed by atoms with Crippen LogP contribution in [0, 0.1) is 0 Å². The lowest BCUT2D eigenvalue weighted by atomic mass is 10.1. The molecular formula is C22H39IN4O3. The van der Waals surface area contributed by atoms with Gasteiger partial charge in [-0.3, -0.25) is 9.89 Å². The van der Waals surface area contributed by atoms with Crippen LogP contribution >= 0.6 is 24.0 Å². The lowest BCUT2D eigenvalue weighted by Crippen LogP contribution is -2.39. The molecular weight excluding hydrogens is 495 g/mol. The molecule has 172 valence electrons. The SMILES string of the molecule is CCOc1ccc(CCNC(=NC)NCCCCN2CCOCC2)cc1OCC.I. The van der Waals surface area contributed by atoms with E-state index in [4.69, 9.17) is 14.2 Å². The minimum Gasteiger partial charge on any atom is -0.490 e. The lowest BCUT2D eigenvalue weighted by molar-refractivity contribution is 0.0372. The van der Waals surface area contributed by atoms with Gasteiger partial charge in [0.15, 0.2) is 17.5 Å². The van der Waals surface area contributed by atoms with Crippen LogP contribution in [0.1, 0.15) is 32.3 Å². The van der Waals surface area contributed by atoms with Gasteiger partial charge in [0.1, 0.15) is 0 Å². The third-order valence-corrected chi connectivity index (χ3v) is 4.83. The number of aliphatic imine (C=N–C) groups is 1. The van der Waals surface area contributed by atoms with Crippen molar-refractivity contribution in [1.29, 1.82) is 0 Å². The van der Waals surface area contributed by atoms with Crippen LogP contribution in [-0.2, 0) is 11.2 Å². The van der Waals surface area contributed by atoms with E-state index < -0.39 is 0 Å². The fraction of sp³-hybridized carbons (Fsp3) is 0.682. The van der Waals surface area contributed by atoms with Crippen molar-refractivity contribution >= 4 is 29.9 Å². The molecule has 30 heavy (non-hydrogen) atoms. The van der Waals surface area contributed by atoms with Crippen molar-refractivity contribution in [2.45, 2.75) is 33.1 Å². The second kappa shape index (κ2) is 16.4. The summed E-state index contributed by atoms with van der Waals surface area (Å²) in [7, 11) is 1.81. The third-order valence-electron chi connectivity index (χ3n) is 4.83. The summed E-state index contributed by atoms with van der Waals surface area (Å²) in [6.45, 7) is 12.0. The fourth-order valence-corrected chi connectivity index (χ4v) is 3.29. The number of nitrogens with zero attached hydrogens (tertiary/aromatic N) is 2. The minimum absolute atomic E-state index is 0. The average Bonchev–Trinajstić information content (AvgIpc) is 2.75. The van der Waals surface area contributed by atoms with E-state index in [1.54, 1.807) is 0 Å². The van der Waals surface area contributed by atoms with E-state index in [0.29, 0.717) is 13.2 Å². The number of morpholine rings is 1. The van der Waals surface area contributed by atoms with E-state index in [2.05, 4.69) is 32.7 Å². The molecule has 0 amide bonds. The highest BCUT2D eigenvalue weighted by Gasteiger charge is 2.09. The molecule has 1 aromatic carbocycles. The van der Waals surface area contributed by atoms with E-state index in [9.17, 15) is 0 Å². The van der Waals surface area contributed by atoms with Crippen molar-refractivity contribution < 1.29 is 14.2 Å². The number of halogens is 1. The van der Waals surface area contributed by atoms with Gasteiger partial charge in [-0.15, -0.1) is 24.0 Å². The van der Waals surface area contributed by atoms with Gasteiger partial charge < -0.3 is 24.8 Å². The summed E-state index contributed by atoms with van der Waals surface area (Å²) in [6, 6.07) is 6.15. The molecule has 0 atom stereocenters. The van der Waals surface area contributed by atoms with Crippen LogP contribution in [0.3, 0.4) is 0 Å². The zero-order valence-corrected chi connectivity index (χ0v) is 21.1. The average molecular weight is 534 g/mol. The predicted octanol–water partition coefficient (Wildman–Crippen LogP) is 2.92. The minimum atomic E-state index is 0. The highest BCUT2D eigenvalue weighted by molar-refractivity contribution is 14.0. The van der Waals surface area contributed by atoms with E-state index in [1.165, 1.54) is 12.0 Å². The molecule has 2 rings (SSSR count). The fourth-order valence-electron chi connectivity index (χ4n) is 3.29. The zero-order chi connectivity index (χ0) is 20.7. The Bertz CT molecular complexity index is 610. The molecule has 0 aliphatic carbocycles. The molecule has 1 heterocycles. The van der Waals surface area contributed by atoms with Crippen LogP contribution in [0.25, 0.3) is 0 Å². The Morgan fingerprint density at radius 2 is 1.73 bits per heavy atom. The van der Waals surface area contributed by atoms with E-state index in [-0.39, 0.29) is 24.0 Å². The monoisotopic (exact) mass is 534 g/mol. The smallest absolute Gasteiger partial charge is 0.190 e. The maximum atomic E-state index is 5.71. The molecule has 0 saturated carbocycles. The Balaban J connectivity index is 0.00000450. The number of hydrogen-bond acceptors (Lipinski definition) is 5. The van der Waals surface area contributed by atoms with Crippen LogP contribution in [0.5, 0.6) is 11.5 Å². The standard InChI is InChI=1S/C22H38N4O3.HI/c1-4-28-20-9-8-19(18-21(20)29-5-2)10-12-25-22(23-3)24-11-6-7-13-26-14-16-27-17-15-26;/h8-9,18H,4-7,10-17H2,1-3H3,(H2,23,24,25);1H. The molecule has 7 nitrogen and oxygen atoms in total. The van der Waals surface area contributed by atoms with Crippen molar-refractivity contribution in [1.82, 2.24) is 15.5 Å². The number of ether oxygens (including phenoxy) is 3. The second-order valence-electron chi connectivity index (χ2n) is 6.98. The molecule has 0 spiro atoms. The lowest BCUT2D eigenvalue weighted by Gasteiger charge is -2.26. The normalized spacial score (nSPS) is 14.7. The second-order valence-corrected chi connectivity index (χ2v) is 6.98. The molecule has 1 aromatic rings. The number of hydrogen-bond donors (Lipinski definition) is 2. The Morgan fingerprint density at radius 1 is 1.03 bits per heavy atom. The topological polar surface area (TPSA) is 67.4 Å². The highest BCUT2D eigenvalue weighted by Crippen LogP contribution is 2.28. The molecule has 8 heteroatoms. The summed E-state index contributed by atoms with van der Waals surface area (Å²) in [4.78, 5) is 6.79. The molecule has 0 aromatic heterocycles. The van der Waals surface area contributed by atoms with Gasteiger partial charge in [0.05, 0.1) is 26.4 Å². The number of unbranched alkanes of at least 4 members (excludes halogenated alkanes) is 1. The zero-order valence-electron chi connectivity index (χ0n) is 18.7. The van der Waals surface area contributed by atoms with Gasteiger partial charge >= 0.3 is 0 Å². The van der Waals surface area contributed by atoms with Crippen LogP contribution in [0.15, 0.2) is 23.2 Å². The first-order chi connectivity index (χ1) is 14.3. The maximum absolute atomic E-state index is 5.71. The summed E-state index contributed by atoms with van der Waals surface area (Å²) < 4.78 is 16.7. The number of nitrogens with one attached hydrogen (secondary N) is 2. The quantitative estimate of drug-likeness (QED) is 0.186. The largest absolute Gasteiger partial charge is 0.490 e. The first-order valence-corrected chi connectivity index (χ1v) is 10.9. The molecule has 1 saturated heterocycles. The summed E-state index contributed by atoms with van der Waals surface area (Å²) in [6.07, 6.45) is 3.22. The van der Waals surface area contributed by atoms with Gasteiger partial charge in [0.25, 0.3) is 0 Å². The van der Waals surface area contributed by atoms with E-state index in [0.717, 1.165) is 76.2 Å². The van der Waals surface area contributed by atoms with Crippen molar-refractivity contribution in [3.8, 4) is 11.5 Å². The molecule has 1 fully saturated rings. The van der Waals surface area contributed by atoms with Crippen molar-refractivity contribution in [3.63, 3.8) is 0 Å².